The number of hydrogen-bond acceptors (Lipinski definition) is 5. The molecule has 0 aliphatic carbocycles. The molecule has 1 aromatic rings. The lowest BCUT2D eigenvalue weighted by atomic mass is 10.0. The van der Waals surface area contributed by atoms with Crippen LogP contribution in [0.15, 0.2) is 24.3 Å². The first-order valence-corrected chi connectivity index (χ1v) is 6.56. The summed E-state index contributed by atoms with van der Waals surface area (Å²) in [5.41, 5.74) is -0.691. The second-order valence-electron chi connectivity index (χ2n) is 4.86. The molecule has 1 aliphatic rings. The molecular formula is C14H18N2O5. The van der Waals surface area contributed by atoms with E-state index in [1.54, 1.807) is 24.3 Å². The zero-order valence-electron chi connectivity index (χ0n) is 11.7. The molecule has 1 aromatic carbocycles. The van der Waals surface area contributed by atoms with Crippen LogP contribution in [0.3, 0.4) is 0 Å². The fourth-order valence-electron chi connectivity index (χ4n) is 1.99. The van der Waals surface area contributed by atoms with Crippen LogP contribution in [0.2, 0.25) is 0 Å². The topological polar surface area (TPSA) is 96.9 Å². The van der Waals surface area contributed by atoms with Crippen LogP contribution in [-0.2, 0) is 14.3 Å². The molecule has 0 unspecified atom stereocenters. The summed E-state index contributed by atoms with van der Waals surface area (Å²) >= 11 is 0. The minimum atomic E-state index is -1.10. The number of benzene rings is 1. The number of anilines is 1. The van der Waals surface area contributed by atoms with Crippen molar-refractivity contribution < 1.29 is 24.2 Å². The number of nitrogens with one attached hydrogen (secondary N) is 2. The van der Waals surface area contributed by atoms with E-state index in [1.807, 2.05) is 0 Å². The highest BCUT2D eigenvalue weighted by Gasteiger charge is 2.33. The van der Waals surface area contributed by atoms with Gasteiger partial charge in [0.2, 0.25) is 0 Å². The van der Waals surface area contributed by atoms with E-state index in [0.717, 1.165) is 0 Å². The third-order valence-electron chi connectivity index (χ3n) is 3.22. The molecule has 3 N–H and O–H groups in total. The number of para-hydroxylation sites is 2. The number of ether oxygens (including phenoxy) is 2. The second-order valence-corrected chi connectivity index (χ2v) is 4.86. The van der Waals surface area contributed by atoms with Crippen molar-refractivity contribution in [2.24, 2.45) is 0 Å². The van der Waals surface area contributed by atoms with Crippen molar-refractivity contribution in [2.75, 3.05) is 32.2 Å². The Bertz CT molecular complexity index is 526. The van der Waals surface area contributed by atoms with Crippen molar-refractivity contribution in [3.8, 4) is 5.75 Å². The van der Waals surface area contributed by atoms with Gasteiger partial charge >= 0.3 is 11.8 Å². The summed E-state index contributed by atoms with van der Waals surface area (Å²) in [7, 11) is 1.47. The van der Waals surface area contributed by atoms with Crippen LogP contribution in [-0.4, -0.2) is 49.4 Å². The smallest absolute Gasteiger partial charge is 0.313 e. The molecule has 0 bridgehead atoms. The molecule has 21 heavy (non-hydrogen) atoms. The van der Waals surface area contributed by atoms with E-state index in [-0.39, 0.29) is 13.2 Å². The lowest BCUT2D eigenvalue weighted by molar-refractivity contribution is -0.136. The van der Waals surface area contributed by atoms with Crippen molar-refractivity contribution in [2.45, 2.75) is 12.0 Å². The highest BCUT2D eigenvalue weighted by molar-refractivity contribution is 6.39. The largest absolute Gasteiger partial charge is 0.495 e. The maximum absolute atomic E-state index is 11.8. The molecule has 0 radical (unpaired) electrons. The Balaban J connectivity index is 1.89. The van der Waals surface area contributed by atoms with E-state index in [1.165, 1.54) is 7.11 Å². The lowest BCUT2D eigenvalue weighted by Gasteiger charge is -2.20. The molecule has 7 nitrogen and oxygen atoms in total. The number of methoxy groups -OCH3 is 1. The zero-order chi connectivity index (χ0) is 15.3. The first kappa shape index (κ1) is 15.3. The molecule has 1 saturated heterocycles. The Labute approximate surface area is 122 Å². The first-order chi connectivity index (χ1) is 10.0. The van der Waals surface area contributed by atoms with Crippen molar-refractivity contribution in [3.05, 3.63) is 24.3 Å². The minimum absolute atomic E-state index is 0.0226. The molecule has 0 spiro atoms. The highest BCUT2D eigenvalue weighted by atomic mass is 16.5. The van der Waals surface area contributed by atoms with Crippen LogP contribution < -0.4 is 15.4 Å². The average molecular weight is 294 g/mol. The van der Waals surface area contributed by atoms with Crippen LogP contribution in [0.4, 0.5) is 5.69 Å². The molecule has 7 heteroatoms. The van der Waals surface area contributed by atoms with Crippen LogP contribution >= 0.6 is 0 Å². The summed E-state index contributed by atoms with van der Waals surface area (Å²) in [4.78, 5) is 23.5. The molecule has 1 atom stereocenters. The van der Waals surface area contributed by atoms with Gasteiger partial charge in [0.1, 0.15) is 11.4 Å². The van der Waals surface area contributed by atoms with Crippen LogP contribution in [0, 0.1) is 0 Å². The Morgan fingerprint density at radius 2 is 2.14 bits per heavy atom. The van der Waals surface area contributed by atoms with Crippen LogP contribution in [0.5, 0.6) is 5.75 Å². The third kappa shape index (κ3) is 3.93. The number of hydrogen-bond donors (Lipinski definition) is 3. The van der Waals surface area contributed by atoms with Crippen LogP contribution in [0.1, 0.15) is 6.42 Å². The van der Waals surface area contributed by atoms with Gasteiger partial charge in [-0.15, -0.1) is 0 Å². The fourth-order valence-corrected chi connectivity index (χ4v) is 1.99. The van der Waals surface area contributed by atoms with Gasteiger partial charge in [0, 0.05) is 19.6 Å². The van der Waals surface area contributed by atoms with Gasteiger partial charge < -0.3 is 25.2 Å². The lowest BCUT2D eigenvalue weighted by Crippen LogP contribution is -2.46. The minimum Gasteiger partial charge on any atom is -0.495 e. The van der Waals surface area contributed by atoms with Crippen molar-refractivity contribution >= 4 is 17.5 Å². The second kappa shape index (κ2) is 6.55. The van der Waals surface area contributed by atoms with E-state index in [2.05, 4.69) is 10.6 Å². The Kier molecular flexibility index (Phi) is 4.77. The number of aliphatic hydroxyl groups is 1. The van der Waals surface area contributed by atoms with Gasteiger partial charge in [0.25, 0.3) is 0 Å². The van der Waals surface area contributed by atoms with Crippen molar-refractivity contribution in [1.29, 1.82) is 0 Å². The van der Waals surface area contributed by atoms with E-state index in [9.17, 15) is 14.7 Å². The standard InChI is InChI=1S/C14H18N2O5/c1-20-11-5-3-2-4-10(11)16-13(18)12(17)15-8-14(19)6-7-21-9-14/h2-5,19H,6-9H2,1H3,(H,15,17)(H,16,18)/t14-/m0/s1. The Hall–Kier alpha value is -2.12. The van der Waals surface area contributed by atoms with Gasteiger partial charge in [-0.25, -0.2) is 0 Å². The maximum Gasteiger partial charge on any atom is 0.313 e. The van der Waals surface area contributed by atoms with E-state index in [4.69, 9.17) is 9.47 Å². The molecule has 114 valence electrons. The average Bonchev–Trinajstić information content (AvgIpc) is 2.92. The predicted octanol–water partition coefficient (Wildman–Crippen LogP) is -0.0987. The molecule has 0 saturated carbocycles. The molecule has 0 aromatic heterocycles. The molecule has 1 aliphatic heterocycles. The van der Waals surface area contributed by atoms with Crippen LogP contribution in [0.25, 0.3) is 0 Å². The van der Waals surface area contributed by atoms with Gasteiger partial charge in [-0.3, -0.25) is 9.59 Å². The molecule has 2 amide bonds. The van der Waals surface area contributed by atoms with Gasteiger partial charge in [0.05, 0.1) is 19.4 Å². The maximum atomic E-state index is 11.8. The van der Waals surface area contributed by atoms with Crippen molar-refractivity contribution in [3.63, 3.8) is 0 Å². The summed E-state index contributed by atoms with van der Waals surface area (Å²) in [5.74, 6) is -1.18. The van der Waals surface area contributed by atoms with Gasteiger partial charge in [-0.2, -0.15) is 0 Å². The van der Waals surface area contributed by atoms with Gasteiger partial charge in [-0.05, 0) is 12.1 Å². The first-order valence-electron chi connectivity index (χ1n) is 6.56. The van der Waals surface area contributed by atoms with E-state index in [0.29, 0.717) is 24.5 Å². The Morgan fingerprint density at radius 3 is 2.81 bits per heavy atom. The van der Waals surface area contributed by atoms with E-state index >= 15 is 0 Å². The summed E-state index contributed by atoms with van der Waals surface area (Å²) in [6.07, 6.45) is 0.432. The number of rotatable bonds is 4. The van der Waals surface area contributed by atoms with Crippen molar-refractivity contribution in [1.82, 2.24) is 5.32 Å². The quantitative estimate of drug-likeness (QED) is 0.674. The van der Waals surface area contributed by atoms with Gasteiger partial charge in [0.15, 0.2) is 0 Å². The zero-order valence-corrected chi connectivity index (χ0v) is 11.7. The van der Waals surface area contributed by atoms with Gasteiger partial charge in [-0.1, -0.05) is 12.1 Å². The number of carbonyl (C=O) groups is 2. The fraction of sp³-hybridized carbons (Fsp3) is 0.429. The molecule has 1 heterocycles. The highest BCUT2D eigenvalue weighted by Crippen LogP contribution is 2.22. The summed E-state index contributed by atoms with van der Waals surface area (Å²) in [6, 6.07) is 6.77. The normalized spacial score (nSPS) is 20.9. The molecule has 1 fully saturated rings. The molecular weight excluding hydrogens is 276 g/mol. The summed E-state index contributed by atoms with van der Waals surface area (Å²) in [5, 5.41) is 14.9. The van der Waals surface area contributed by atoms with E-state index < -0.39 is 17.4 Å². The number of amides is 2. The predicted molar refractivity (Wildman–Crippen MR) is 75.0 cm³/mol. The Morgan fingerprint density at radius 1 is 1.38 bits per heavy atom. The number of carbonyl (C=O) groups excluding carboxylic acids is 2. The monoisotopic (exact) mass is 294 g/mol. The SMILES string of the molecule is COc1ccccc1NC(=O)C(=O)NC[C@@]1(O)CCOC1. The summed E-state index contributed by atoms with van der Waals surface area (Å²) < 4.78 is 10.1. The third-order valence-corrected chi connectivity index (χ3v) is 3.22. The molecule has 2 rings (SSSR count). The summed E-state index contributed by atoms with van der Waals surface area (Å²) in [6.45, 7) is 0.576.